The third-order valence-electron chi connectivity index (χ3n) is 2.50. The molecule has 0 aliphatic carbocycles. The van der Waals surface area contributed by atoms with E-state index in [9.17, 15) is 9.59 Å². The summed E-state index contributed by atoms with van der Waals surface area (Å²) in [6.07, 6.45) is 0. The van der Waals surface area contributed by atoms with Crippen molar-refractivity contribution >= 4 is 41.5 Å². The van der Waals surface area contributed by atoms with Crippen molar-refractivity contribution in [2.75, 3.05) is 5.32 Å². The van der Waals surface area contributed by atoms with Gasteiger partial charge >= 0.3 is 13.1 Å². The summed E-state index contributed by atoms with van der Waals surface area (Å²) in [6, 6.07) is 7.04. The summed E-state index contributed by atoms with van der Waals surface area (Å²) in [5, 5.41) is 31.5. The number of hydrogen-bond donors (Lipinski definition) is 4. The van der Waals surface area contributed by atoms with Gasteiger partial charge in [-0.25, -0.2) is 4.79 Å². The van der Waals surface area contributed by atoms with Crippen molar-refractivity contribution in [1.29, 1.82) is 0 Å². The van der Waals surface area contributed by atoms with Crippen molar-refractivity contribution in [2.45, 2.75) is 0 Å². The normalized spacial score (nSPS) is 10.1. The van der Waals surface area contributed by atoms with E-state index in [1.165, 1.54) is 23.5 Å². The van der Waals surface area contributed by atoms with Gasteiger partial charge < -0.3 is 20.5 Å². The number of carbonyl (C=O) groups is 2. The highest BCUT2D eigenvalue weighted by Crippen LogP contribution is 2.14. The number of nitrogens with one attached hydrogen (secondary N) is 1. The summed E-state index contributed by atoms with van der Waals surface area (Å²) in [6.45, 7) is 0. The number of amides is 1. The van der Waals surface area contributed by atoms with Gasteiger partial charge in [-0.2, -0.15) is 0 Å². The fraction of sp³-hybridized carbons (Fsp3) is 0. The molecule has 0 atom stereocenters. The lowest BCUT2D eigenvalue weighted by Crippen LogP contribution is -2.31. The Morgan fingerprint density at radius 2 is 1.95 bits per heavy atom. The number of carbonyl (C=O) groups excluding carboxylic acids is 1. The molecular weight excluding hydrogens is 281 g/mol. The van der Waals surface area contributed by atoms with Crippen molar-refractivity contribution in [1.82, 2.24) is 0 Å². The maximum absolute atomic E-state index is 11.9. The van der Waals surface area contributed by atoms with Crippen LogP contribution in [0.25, 0.3) is 0 Å². The molecule has 0 unspecified atom stereocenters. The molecule has 20 heavy (non-hydrogen) atoms. The van der Waals surface area contributed by atoms with Gasteiger partial charge in [-0.15, -0.1) is 11.3 Å². The van der Waals surface area contributed by atoms with Crippen molar-refractivity contribution in [3.8, 4) is 0 Å². The number of benzene rings is 1. The molecule has 0 saturated heterocycles. The molecule has 6 nitrogen and oxygen atoms in total. The molecule has 0 spiro atoms. The summed E-state index contributed by atoms with van der Waals surface area (Å²) < 4.78 is 0. The third-order valence-corrected chi connectivity index (χ3v) is 3.37. The van der Waals surface area contributed by atoms with Crippen LogP contribution in [0.3, 0.4) is 0 Å². The first-order chi connectivity index (χ1) is 9.47. The van der Waals surface area contributed by atoms with Gasteiger partial charge in [0.25, 0.3) is 5.91 Å². The van der Waals surface area contributed by atoms with E-state index in [-0.39, 0.29) is 22.6 Å². The maximum atomic E-state index is 11.9. The first kappa shape index (κ1) is 14.3. The summed E-state index contributed by atoms with van der Waals surface area (Å²) in [7, 11) is -1.81. The zero-order valence-corrected chi connectivity index (χ0v) is 10.9. The summed E-state index contributed by atoms with van der Waals surface area (Å²) in [5.74, 6) is -1.61. The highest BCUT2D eigenvalue weighted by molar-refractivity contribution is 7.12. The Balaban J connectivity index is 2.31. The predicted molar refractivity (Wildman–Crippen MR) is 75.5 cm³/mol. The summed E-state index contributed by atoms with van der Waals surface area (Å²) in [5.41, 5.74) is 0.0369. The zero-order chi connectivity index (χ0) is 14.7. The fourth-order valence-electron chi connectivity index (χ4n) is 1.60. The van der Waals surface area contributed by atoms with Gasteiger partial charge in [-0.05, 0) is 35.1 Å². The van der Waals surface area contributed by atoms with Crippen LogP contribution >= 0.6 is 11.3 Å². The molecule has 0 saturated carbocycles. The van der Waals surface area contributed by atoms with Crippen LogP contribution in [0.15, 0.2) is 35.7 Å². The number of thiophene rings is 1. The SMILES string of the molecule is O=C(O)c1cc(NC(=O)c2cccs2)cc(B(O)O)c1. The second kappa shape index (κ2) is 5.87. The van der Waals surface area contributed by atoms with Crippen molar-refractivity contribution in [2.24, 2.45) is 0 Å². The second-order valence-electron chi connectivity index (χ2n) is 3.95. The van der Waals surface area contributed by atoms with Crippen LogP contribution in [0.1, 0.15) is 20.0 Å². The van der Waals surface area contributed by atoms with E-state index in [0.717, 1.165) is 6.07 Å². The molecular formula is C12H10BNO5S. The van der Waals surface area contributed by atoms with Crippen LogP contribution in [0, 0.1) is 0 Å². The van der Waals surface area contributed by atoms with Gasteiger partial charge in [-0.3, -0.25) is 4.79 Å². The number of rotatable bonds is 4. The molecule has 1 amide bonds. The Labute approximate surface area is 118 Å². The molecule has 0 aliphatic rings. The molecule has 2 rings (SSSR count). The molecule has 1 heterocycles. The van der Waals surface area contributed by atoms with Crippen LogP contribution < -0.4 is 10.8 Å². The van der Waals surface area contributed by atoms with Gasteiger partial charge in [0.05, 0.1) is 10.4 Å². The number of carboxylic acids is 1. The maximum Gasteiger partial charge on any atom is 0.488 e. The molecule has 0 bridgehead atoms. The van der Waals surface area contributed by atoms with Crippen molar-refractivity contribution in [3.05, 3.63) is 46.2 Å². The molecule has 4 N–H and O–H groups in total. The minimum atomic E-state index is -1.81. The minimum absolute atomic E-state index is 0.00798. The van der Waals surface area contributed by atoms with Gasteiger partial charge in [0, 0.05) is 5.69 Å². The molecule has 8 heteroatoms. The quantitative estimate of drug-likeness (QED) is 0.609. The molecule has 1 aromatic carbocycles. The van der Waals surface area contributed by atoms with Gasteiger partial charge in [0.1, 0.15) is 0 Å². The third kappa shape index (κ3) is 3.24. The van der Waals surface area contributed by atoms with E-state index in [1.54, 1.807) is 17.5 Å². The lowest BCUT2D eigenvalue weighted by molar-refractivity contribution is 0.0696. The average molecular weight is 291 g/mol. The Kier molecular flexibility index (Phi) is 4.18. The smallest absolute Gasteiger partial charge is 0.478 e. The van der Waals surface area contributed by atoms with Gasteiger partial charge in [0.2, 0.25) is 0 Å². The molecule has 102 valence electrons. The average Bonchev–Trinajstić information content (AvgIpc) is 2.92. The van der Waals surface area contributed by atoms with E-state index in [2.05, 4.69) is 5.32 Å². The largest absolute Gasteiger partial charge is 0.488 e. The number of aromatic carboxylic acids is 1. The highest BCUT2D eigenvalue weighted by Gasteiger charge is 2.17. The van der Waals surface area contributed by atoms with Crippen molar-refractivity contribution in [3.63, 3.8) is 0 Å². The summed E-state index contributed by atoms with van der Waals surface area (Å²) in [4.78, 5) is 23.3. The number of carboxylic acid groups (broad SMARTS) is 1. The Morgan fingerprint density at radius 1 is 1.20 bits per heavy atom. The Hall–Kier alpha value is -2.16. The zero-order valence-electron chi connectivity index (χ0n) is 10.1. The monoisotopic (exact) mass is 291 g/mol. The van der Waals surface area contributed by atoms with Crippen LogP contribution in [0.5, 0.6) is 0 Å². The summed E-state index contributed by atoms with van der Waals surface area (Å²) >= 11 is 1.24. The fourth-order valence-corrected chi connectivity index (χ4v) is 2.22. The molecule has 0 fully saturated rings. The molecule has 2 aromatic rings. The van der Waals surface area contributed by atoms with E-state index in [1.807, 2.05) is 0 Å². The predicted octanol–water partition coefficient (Wildman–Crippen LogP) is 0.378. The van der Waals surface area contributed by atoms with E-state index < -0.39 is 13.1 Å². The number of hydrogen-bond acceptors (Lipinski definition) is 5. The van der Waals surface area contributed by atoms with Crippen LogP contribution in [0.2, 0.25) is 0 Å². The van der Waals surface area contributed by atoms with E-state index in [0.29, 0.717) is 4.88 Å². The van der Waals surface area contributed by atoms with Crippen molar-refractivity contribution < 1.29 is 24.7 Å². The second-order valence-corrected chi connectivity index (χ2v) is 4.90. The Morgan fingerprint density at radius 3 is 2.50 bits per heavy atom. The standard InChI is InChI=1S/C12H10BNO5S/c15-11(10-2-1-3-20-10)14-9-5-7(12(16)17)4-8(6-9)13(18)19/h1-6,18-19H,(H,14,15)(H,16,17). The lowest BCUT2D eigenvalue weighted by atomic mass is 9.79. The minimum Gasteiger partial charge on any atom is -0.478 e. The topological polar surface area (TPSA) is 107 Å². The van der Waals surface area contributed by atoms with E-state index in [4.69, 9.17) is 15.2 Å². The first-order valence-corrected chi connectivity index (χ1v) is 6.44. The molecule has 1 aromatic heterocycles. The first-order valence-electron chi connectivity index (χ1n) is 5.56. The van der Waals surface area contributed by atoms with Gasteiger partial charge in [0.15, 0.2) is 0 Å². The van der Waals surface area contributed by atoms with Gasteiger partial charge in [-0.1, -0.05) is 6.07 Å². The number of anilines is 1. The highest BCUT2D eigenvalue weighted by atomic mass is 32.1. The Bertz CT molecular complexity index is 641. The van der Waals surface area contributed by atoms with Crippen LogP contribution in [-0.2, 0) is 0 Å². The van der Waals surface area contributed by atoms with Crippen LogP contribution in [-0.4, -0.2) is 34.1 Å². The van der Waals surface area contributed by atoms with Crippen LogP contribution in [0.4, 0.5) is 5.69 Å². The molecule has 0 aliphatic heterocycles. The van der Waals surface area contributed by atoms with E-state index >= 15 is 0 Å². The lowest BCUT2D eigenvalue weighted by Gasteiger charge is -2.08. The molecule has 0 radical (unpaired) electrons.